The minimum absolute atomic E-state index is 0.140. The van der Waals surface area contributed by atoms with Crippen molar-refractivity contribution in [2.75, 3.05) is 4.90 Å². The van der Waals surface area contributed by atoms with Gasteiger partial charge in [-0.25, -0.2) is 13.6 Å². The summed E-state index contributed by atoms with van der Waals surface area (Å²) in [7, 11) is 0. The maximum absolute atomic E-state index is 13.6. The Balaban J connectivity index is 2.04. The van der Waals surface area contributed by atoms with E-state index in [0.29, 0.717) is 36.7 Å². The average Bonchev–Trinajstić information content (AvgIpc) is 3.12. The van der Waals surface area contributed by atoms with Crippen LogP contribution in [0.3, 0.4) is 0 Å². The molecule has 0 bridgehead atoms. The monoisotopic (exact) mass is 419 g/mol. The molecular formula is C18H18F5N3O3. The molecule has 29 heavy (non-hydrogen) atoms. The standard InChI is InChI=1S/C18H18F5N3O3/c19-16(20)15-13(8-25(24-15)11-6-4-10(9-27)5-7-11)26-12(17(28)29)2-1-3-14(26)18(21,22)23/h1-3,8-12,16H,4-7H2,(H,28,29). The Morgan fingerprint density at radius 3 is 2.41 bits per heavy atom. The van der Waals surface area contributed by atoms with E-state index >= 15 is 0 Å². The van der Waals surface area contributed by atoms with Crippen molar-refractivity contribution in [1.29, 1.82) is 0 Å². The molecule has 0 aromatic carbocycles. The number of carbonyl (C=O) groups is 2. The van der Waals surface area contributed by atoms with Crippen LogP contribution in [-0.4, -0.2) is 39.4 Å². The van der Waals surface area contributed by atoms with Crippen LogP contribution < -0.4 is 4.90 Å². The number of allylic oxidation sites excluding steroid dienone is 3. The number of alkyl halides is 5. The minimum Gasteiger partial charge on any atom is -0.479 e. The number of aliphatic carboxylic acids is 1. The van der Waals surface area contributed by atoms with E-state index in [2.05, 4.69) is 5.10 Å². The van der Waals surface area contributed by atoms with Gasteiger partial charge in [0.1, 0.15) is 12.0 Å². The molecule has 6 nitrogen and oxygen atoms in total. The number of anilines is 1. The zero-order chi connectivity index (χ0) is 21.3. The summed E-state index contributed by atoms with van der Waals surface area (Å²) in [5.74, 6) is -1.75. The Kier molecular flexibility index (Phi) is 5.76. The van der Waals surface area contributed by atoms with Crippen LogP contribution in [0, 0.1) is 5.92 Å². The summed E-state index contributed by atoms with van der Waals surface area (Å²) in [5, 5.41) is 13.2. The highest BCUT2D eigenvalue weighted by Gasteiger charge is 2.45. The molecule has 1 unspecified atom stereocenters. The molecule has 11 heteroatoms. The van der Waals surface area contributed by atoms with Gasteiger partial charge < -0.3 is 14.8 Å². The average molecular weight is 419 g/mol. The summed E-state index contributed by atoms with van der Waals surface area (Å²) in [6, 6.07) is -2.17. The topological polar surface area (TPSA) is 75.4 Å². The number of aldehydes is 1. The molecular weight excluding hydrogens is 401 g/mol. The lowest BCUT2D eigenvalue weighted by atomic mass is 9.87. The normalized spacial score (nSPS) is 25.2. The van der Waals surface area contributed by atoms with Crippen LogP contribution in [0.4, 0.5) is 27.6 Å². The largest absolute Gasteiger partial charge is 0.479 e. The van der Waals surface area contributed by atoms with Crippen molar-refractivity contribution in [2.45, 2.75) is 50.4 Å². The fourth-order valence-electron chi connectivity index (χ4n) is 3.70. The Morgan fingerprint density at radius 2 is 1.90 bits per heavy atom. The van der Waals surface area contributed by atoms with Gasteiger partial charge in [-0.1, -0.05) is 12.2 Å². The zero-order valence-electron chi connectivity index (χ0n) is 15.0. The Bertz CT molecular complexity index is 838. The van der Waals surface area contributed by atoms with Gasteiger partial charge in [0.05, 0.1) is 11.7 Å². The van der Waals surface area contributed by atoms with Gasteiger partial charge in [-0.3, -0.25) is 4.68 Å². The first-order valence-electron chi connectivity index (χ1n) is 8.93. The highest BCUT2D eigenvalue weighted by molar-refractivity contribution is 5.83. The second-order valence-electron chi connectivity index (χ2n) is 6.97. The van der Waals surface area contributed by atoms with Crippen molar-refractivity contribution in [1.82, 2.24) is 9.78 Å². The molecule has 0 radical (unpaired) electrons. The number of carbonyl (C=O) groups excluding carboxylic acids is 1. The second-order valence-corrected chi connectivity index (χ2v) is 6.97. The molecule has 1 aromatic heterocycles. The minimum atomic E-state index is -4.96. The predicted molar refractivity (Wildman–Crippen MR) is 91.4 cm³/mol. The summed E-state index contributed by atoms with van der Waals surface area (Å²) >= 11 is 0. The maximum Gasteiger partial charge on any atom is 0.431 e. The van der Waals surface area contributed by atoms with Gasteiger partial charge in [0, 0.05) is 12.1 Å². The van der Waals surface area contributed by atoms with Crippen LogP contribution in [0.1, 0.15) is 43.8 Å². The van der Waals surface area contributed by atoms with E-state index < -0.39 is 41.7 Å². The van der Waals surface area contributed by atoms with E-state index in [4.69, 9.17) is 0 Å². The molecule has 1 aliphatic carbocycles. The van der Waals surface area contributed by atoms with E-state index in [-0.39, 0.29) is 12.0 Å². The molecule has 1 aromatic rings. The third-order valence-corrected chi connectivity index (χ3v) is 5.14. The molecule has 0 spiro atoms. The van der Waals surface area contributed by atoms with Crippen LogP contribution in [0.15, 0.2) is 30.1 Å². The number of aromatic nitrogens is 2. The van der Waals surface area contributed by atoms with Gasteiger partial charge in [0.2, 0.25) is 0 Å². The zero-order valence-corrected chi connectivity index (χ0v) is 15.0. The van der Waals surface area contributed by atoms with Crippen LogP contribution in [0.5, 0.6) is 0 Å². The molecule has 1 atom stereocenters. The van der Waals surface area contributed by atoms with Crippen molar-refractivity contribution < 1.29 is 36.6 Å². The lowest BCUT2D eigenvalue weighted by Crippen LogP contribution is -2.45. The number of halogens is 5. The predicted octanol–water partition coefficient (Wildman–Crippen LogP) is 4.03. The van der Waals surface area contributed by atoms with Crippen LogP contribution >= 0.6 is 0 Å². The fourth-order valence-corrected chi connectivity index (χ4v) is 3.70. The summed E-state index contributed by atoms with van der Waals surface area (Å²) in [5.41, 5.74) is -2.88. The Labute approximate surface area is 162 Å². The molecule has 1 N–H and O–H groups in total. The Hall–Kier alpha value is -2.72. The molecule has 1 aliphatic heterocycles. The van der Waals surface area contributed by atoms with Crippen molar-refractivity contribution >= 4 is 17.9 Å². The highest BCUT2D eigenvalue weighted by Crippen LogP contribution is 2.41. The number of rotatable bonds is 5. The first kappa shape index (κ1) is 21.0. The lowest BCUT2D eigenvalue weighted by molar-refractivity contribution is -0.137. The van der Waals surface area contributed by atoms with E-state index in [0.717, 1.165) is 24.6 Å². The number of carboxylic acids is 1. The smallest absolute Gasteiger partial charge is 0.431 e. The van der Waals surface area contributed by atoms with Gasteiger partial charge in [0.15, 0.2) is 11.7 Å². The molecule has 158 valence electrons. The Morgan fingerprint density at radius 1 is 1.24 bits per heavy atom. The summed E-state index contributed by atoms with van der Waals surface area (Å²) in [4.78, 5) is 22.8. The van der Waals surface area contributed by atoms with Crippen molar-refractivity contribution in [2.24, 2.45) is 5.92 Å². The number of hydrogen-bond acceptors (Lipinski definition) is 4. The molecule has 1 fully saturated rings. The van der Waals surface area contributed by atoms with Crippen molar-refractivity contribution in [3.8, 4) is 0 Å². The third-order valence-electron chi connectivity index (χ3n) is 5.14. The number of nitrogens with zero attached hydrogens (tertiary/aromatic N) is 3. The molecule has 1 saturated carbocycles. The fraction of sp³-hybridized carbons (Fsp3) is 0.500. The molecule has 2 aliphatic rings. The van der Waals surface area contributed by atoms with E-state index in [1.54, 1.807) is 0 Å². The summed E-state index contributed by atoms with van der Waals surface area (Å²) < 4.78 is 68.9. The van der Waals surface area contributed by atoms with E-state index in [1.807, 2.05) is 0 Å². The van der Waals surface area contributed by atoms with Gasteiger partial charge in [-0.15, -0.1) is 0 Å². The molecule has 3 rings (SSSR count). The lowest BCUT2D eigenvalue weighted by Gasteiger charge is -2.33. The highest BCUT2D eigenvalue weighted by atomic mass is 19.4. The number of hydrogen-bond donors (Lipinski definition) is 1. The van der Waals surface area contributed by atoms with Gasteiger partial charge in [-0.05, 0) is 31.8 Å². The maximum atomic E-state index is 13.6. The molecule has 0 saturated heterocycles. The number of carboxylic acid groups (broad SMARTS) is 1. The first-order chi connectivity index (χ1) is 13.6. The van der Waals surface area contributed by atoms with Crippen LogP contribution in [0.2, 0.25) is 0 Å². The summed E-state index contributed by atoms with van der Waals surface area (Å²) in [6.07, 6.45) is -1.78. The van der Waals surface area contributed by atoms with E-state index in [1.165, 1.54) is 4.68 Å². The van der Waals surface area contributed by atoms with Gasteiger partial charge >= 0.3 is 12.1 Å². The molecule has 2 heterocycles. The van der Waals surface area contributed by atoms with Gasteiger partial charge in [-0.2, -0.15) is 18.3 Å². The van der Waals surface area contributed by atoms with Crippen LogP contribution in [0.25, 0.3) is 0 Å². The van der Waals surface area contributed by atoms with Crippen molar-refractivity contribution in [3.05, 3.63) is 35.8 Å². The van der Waals surface area contributed by atoms with Crippen LogP contribution in [-0.2, 0) is 9.59 Å². The quantitative estimate of drug-likeness (QED) is 0.576. The van der Waals surface area contributed by atoms with Gasteiger partial charge in [0.25, 0.3) is 6.43 Å². The molecule has 0 amide bonds. The third kappa shape index (κ3) is 4.18. The first-order valence-corrected chi connectivity index (χ1v) is 8.93. The summed E-state index contributed by atoms with van der Waals surface area (Å²) in [6.45, 7) is 0. The SMILES string of the molecule is O=CC1CCC(n2cc(N3C(C(F)(F)F)=CC=CC3C(=O)O)c(C(F)F)n2)CC1. The van der Waals surface area contributed by atoms with Crippen molar-refractivity contribution in [3.63, 3.8) is 0 Å². The second kappa shape index (κ2) is 7.96. The van der Waals surface area contributed by atoms with E-state index in [9.17, 15) is 36.6 Å².